The largest absolute Gasteiger partial charge is 0.394 e. The molecule has 1 rings (SSSR count). The molecule has 17 heavy (non-hydrogen) atoms. The maximum absolute atomic E-state index is 9.15. The van der Waals surface area contributed by atoms with Crippen LogP contribution in [0.4, 0.5) is 0 Å². The fourth-order valence-electron chi connectivity index (χ4n) is 1.72. The third-order valence-corrected chi connectivity index (χ3v) is 3.12. The van der Waals surface area contributed by atoms with Gasteiger partial charge in [0.05, 0.1) is 18.3 Å². The van der Waals surface area contributed by atoms with Gasteiger partial charge >= 0.3 is 0 Å². The van der Waals surface area contributed by atoms with Gasteiger partial charge in [-0.1, -0.05) is 13.8 Å². The highest BCUT2D eigenvalue weighted by atomic mass is 16.3. The van der Waals surface area contributed by atoms with Crippen LogP contribution < -0.4 is 5.32 Å². The minimum absolute atomic E-state index is 0.125. The lowest BCUT2D eigenvalue weighted by Gasteiger charge is -2.22. The SMILES string of the molecule is CCC(CC)n1ccc(CNC(C)(C)CO)n1. The molecule has 0 saturated heterocycles. The summed E-state index contributed by atoms with van der Waals surface area (Å²) in [6.07, 6.45) is 4.25. The van der Waals surface area contributed by atoms with E-state index >= 15 is 0 Å². The molecule has 0 aliphatic carbocycles. The first-order chi connectivity index (χ1) is 8.02. The Balaban J connectivity index is 2.57. The summed E-state index contributed by atoms with van der Waals surface area (Å²) in [6.45, 7) is 9.14. The van der Waals surface area contributed by atoms with Crippen LogP contribution in [-0.4, -0.2) is 27.0 Å². The second-order valence-electron chi connectivity index (χ2n) is 5.15. The Morgan fingerprint density at radius 3 is 2.59 bits per heavy atom. The summed E-state index contributed by atoms with van der Waals surface area (Å²) in [5, 5.41) is 17.0. The van der Waals surface area contributed by atoms with Crippen LogP contribution in [-0.2, 0) is 6.54 Å². The summed E-state index contributed by atoms with van der Waals surface area (Å²) >= 11 is 0. The monoisotopic (exact) mass is 239 g/mol. The van der Waals surface area contributed by atoms with E-state index in [9.17, 15) is 0 Å². The van der Waals surface area contributed by atoms with Crippen molar-refractivity contribution in [1.82, 2.24) is 15.1 Å². The van der Waals surface area contributed by atoms with Gasteiger partial charge in [0.15, 0.2) is 0 Å². The van der Waals surface area contributed by atoms with Gasteiger partial charge in [0.2, 0.25) is 0 Å². The molecule has 0 aliphatic heterocycles. The first kappa shape index (κ1) is 14.2. The zero-order chi connectivity index (χ0) is 12.9. The van der Waals surface area contributed by atoms with Crippen molar-refractivity contribution in [2.75, 3.05) is 6.61 Å². The van der Waals surface area contributed by atoms with Crippen LogP contribution in [0.2, 0.25) is 0 Å². The molecule has 1 heterocycles. The summed E-state index contributed by atoms with van der Waals surface area (Å²) in [5.41, 5.74) is 0.775. The molecule has 98 valence electrons. The molecular weight excluding hydrogens is 214 g/mol. The number of aliphatic hydroxyl groups excluding tert-OH is 1. The zero-order valence-corrected chi connectivity index (χ0v) is 11.4. The van der Waals surface area contributed by atoms with Crippen LogP contribution in [0, 0.1) is 0 Å². The highest BCUT2D eigenvalue weighted by molar-refractivity contribution is 5.00. The topological polar surface area (TPSA) is 50.1 Å². The van der Waals surface area contributed by atoms with E-state index in [1.807, 2.05) is 30.8 Å². The van der Waals surface area contributed by atoms with Crippen molar-refractivity contribution in [3.8, 4) is 0 Å². The maximum atomic E-state index is 9.15. The van der Waals surface area contributed by atoms with Gasteiger partial charge in [-0.2, -0.15) is 5.10 Å². The van der Waals surface area contributed by atoms with Gasteiger partial charge in [0.1, 0.15) is 0 Å². The fraction of sp³-hybridized carbons (Fsp3) is 0.769. The van der Waals surface area contributed by atoms with Gasteiger partial charge in [-0.05, 0) is 32.8 Å². The number of nitrogens with one attached hydrogen (secondary N) is 1. The minimum Gasteiger partial charge on any atom is -0.394 e. The summed E-state index contributed by atoms with van der Waals surface area (Å²) in [4.78, 5) is 0. The smallest absolute Gasteiger partial charge is 0.0762 e. The van der Waals surface area contributed by atoms with Crippen LogP contribution in [0.25, 0.3) is 0 Å². The Labute approximate surface area is 104 Å². The minimum atomic E-state index is -0.251. The lowest BCUT2D eigenvalue weighted by Crippen LogP contribution is -2.42. The molecule has 1 aromatic heterocycles. The van der Waals surface area contributed by atoms with Crippen molar-refractivity contribution in [2.24, 2.45) is 0 Å². The van der Waals surface area contributed by atoms with Gasteiger partial charge < -0.3 is 10.4 Å². The first-order valence-corrected chi connectivity index (χ1v) is 6.42. The third kappa shape index (κ3) is 4.13. The first-order valence-electron chi connectivity index (χ1n) is 6.42. The molecular formula is C13H25N3O. The Morgan fingerprint density at radius 2 is 2.06 bits per heavy atom. The molecule has 0 radical (unpaired) electrons. The second-order valence-corrected chi connectivity index (χ2v) is 5.15. The highest BCUT2D eigenvalue weighted by Crippen LogP contribution is 2.14. The van der Waals surface area contributed by atoms with Crippen molar-refractivity contribution < 1.29 is 5.11 Å². The predicted molar refractivity (Wildman–Crippen MR) is 69.9 cm³/mol. The molecule has 0 unspecified atom stereocenters. The van der Waals surface area contributed by atoms with Gasteiger partial charge in [0, 0.05) is 18.3 Å². The van der Waals surface area contributed by atoms with Crippen LogP contribution in [0.3, 0.4) is 0 Å². The number of aliphatic hydroxyl groups is 1. The summed E-state index contributed by atoms with van der Waals surface area (Å²) in [5.74, 6) is 0. The molecule has 0 aromatic carbocycles. The number of hydrogen-bond donors (Lipinski definition) is 2. The van der Waals surface area contributed by atoms with Crippen LogP contribution >= 0.6 is 0 Å². The number of rotatable bonds is 7. The molecule has 1 aromatic rings. The van der Waals surface area contributed by atoms with Gasteiger partial charge in [-0.25, -0.2) is 0 Å². The number of aromatic nitrogens is 2. The van der Waals surface area contributed by atoms with Crippen molar-refractivity contribution in [3.05, 3.63) is 18.0 Å². The summed E-state index contributed by atoms with van der Waals surface area (Å²) in [6, 6.07) is 2.54. The van der Waals surface area contributed by atoms with E-state index in [4.69, 9.17) is 5.11 Å². The van der Waals surface area contributed by atoms with Gasteiger partial charge in [-0.3, -0.25) is 4.68 Å². The normalized spacial score (nSPS) is 12.4. The van der Waals surface area contributed by atoms with E-state index < -0.39 is 0 Å². The standard InChI is InChI=1S/C13H25N3O/c1-5-12(6-2)16-8-7-11(15-16)9-14-13(3,4)10-17/h7-8,12,14,17H,5-6,9-10H2,1-4H3. The maximum Gasteiger partial charge on any atom is 0.0762 e. The predicted octanol–water partition coefficient (Wildman–Crippen LogP) is 2.10. The van der Waals surface area contributed by atoms with E-state index in [2.05, 4.69) is 24.3 Å². The molecule has 2 N–H and O–H groups in total. The van der Waals surface area contributed by atoms with Crippen molar-refractivity contribution >= 4 is 0 Å². The van der Waals surface area contributed by atoms with E-state index in [1.54, 1.807) is 0 Å². The van der Waals surface area contributed by atoms with E-state index in [-0.39, 0.29) is 12.1 Å². The van der Waals surface area contributed by atoms with Crippen LogP contribution in [0.5, 0.6) is 0 Å². The molecule has 4 nitrogen and oxygen atoms in total. The van der Waals surface area contributed by atoms with Gasteiger partial charge in [0.25, 0.3) is 0 Å². The average Bonchev–Trinajstić information content (AvgIpc) is 2.77. The zero-order valence-electron chi connectivity index (χ0n) is 11.4. The Kier molecular flexibility index (Phi) is 5.15. The summed E-state index contributed by atoms with van der Waals surface area (Å²) in [7, 11) is 0. The quantitative estimate of drug-likeness (QED) is 0.766. The third-order valence-electron chi connectivity index (χ3n) is 3.12. The van der Waals surface area contributed by atoms with Crippen molar-refractivity contribution in [3.63, 3.8) is 0 Å². The lowest BCUT2D eigenvalue weighted by molar-refractivity contribution is 0.187. The molecule has 0 spiro atoms. The molecule has 0 atom stereocenters. The lowest BCUT2D eigenvalue weighted by atomic mass is 10.1. The number of hydrogen-bond acceptors (Lipinski definition) is 3. The van der Waals surface area contributed by atoms with Gasteiger partial charge in [-0.15, -0.1) is 0 Å². The average molecular weight is 239 g/mol. The van der Waals surface area contributed by atoms with Crippen molar-refractivity contribution in [2.45, 2.75) is 58.7 Å². The fourth-order valence-corrected chi connectivity index (χ4v) is 1.72. The van der Waals surface area contributed by atoms with E-state index in [0.717, 1.165) is 18.5 Å². The van der Waals surface area contributed by atoms with Crippen molar-refractivity contribution in [1.29, 1.82) is 0 Å². The van der Waals surface area contributed by atoms with Crippen LogP contribution in [0.1, 0.15) is 52.3 Å². The second kappa shape index (κ2) is 6.17. The van der Waals surface area contributed by atoms with E-state index in [1.165, 1.54) is 0 Å². The molecule has 0 aliphatic rings. The molecule has 4 heteroatoms. The van der Waals surface area contributed by atoms with Crippen LogP contribution in [0.15, 0.2) is 12.3 Å². The Bertz CT molecular complexity index is 329. The van der Waals surface area contributed by atoms with E-state index in [0.29, 0.717) is 12.6 Å². The molecule has 0 amide bonds. The summed E-state index contributed by atoms with van der Waals surface area (Å²) < 4.78 is 2.04. The molecule has 0 fully saturated rings. The highest BCUT2D eigenvalue weighted by Gasteiger charge is 2.16. The Hall–Kier alpha value is -0.870. The number of nitrogens with zero attached hydrogens (tertiary/aromatic N) is 2. The Morgan fingerprint density at radius 1 is 1.41 bits per heavy atom. The molecule has 0 bridgehead atoms. The molecule has 0 saturated carbocycles.